The fourth-order valence-electron chi connectivity index (χ4n) is 4.83. The summed E-state index contributed by atoms with van der Waals surface area (Å²) in [6.45, 7) is 2.01. The highest BCUT2D eigenvalue weighted by Gasteiger charge is 2.47. The third kappa shape index (κ3) is 2.75. The zero-order valence-corrected chi connectivity index (χ0v) is 18.3. The first kappa shape index (κ1) is 19.6. The van der Waals surface area contributed by atoms with E-state index in [1.54, 1.807) is 18.2 Å². The topological polar surface area (TPSA) is 37.4 Å². The second-order valence-electron chi connectivity index (χ2n) is 7.97. The van der Waals surface area contributed by atoms with Crippen LogP contribution in [0, 0.1) is 6.92 Å². The molecule has 0 fully saturated rings. The maximum atomic E-state index is 13.9. The van der Waals surface area contributed by atoms with E-state index in [1.165, 1.54) is 0 Å². The van der Waals surface area contributed by atoms with Crippen molar-refractivity contribution in [2.24, 2.45) is 0 Å². The van der Waals surface area contributed by atoms with Gasteiger partial charge in [0.15, 0.2) is 0 Å². The lowest BCUT2D eigenvalue weighted by molar-refractivity contribution is 0.583. The van der Waals surface area contributed by atoms with Gasteiger partial charge in [0.05, 0.1) is 15.5 Å². The van der Waals surface area contributed by atoms with Crippen molar-refractivity contribution in [3.8, 4) is 0 Å². The summed E-state index contributed by atoms with van der Waals surface area (Å²) in [4.78, 5) is 2.80. The summed E-state index contributed by atoms with van der Waals surface area (Å²) in [5, 5.41) is 0. The van der Waals surface area contributed by atoms with Gasteiger partial charge in [0.2, 0.25) is 9.84 Å². The average Bonchev–Trinajstić information content (AvgIpc) is 2.86. The Balaban J connectivity index is 2.05. The van der Waals surface area contributed by atoms with Crippen LogP contribution in [0.1, 0.15) is 22.3 Å². The number of hydrogen-bond acceptors (Lipinski definition) is 3. The molecule has 0 atom stereocenters. The molecule has 31 heavy (non-hydrogen) atoms. The molecule has 1 aliphatic rings. The first-order chi connectivity index (χ1) is 15.0. The molecule has 154 valence electrons. The molecule has 0 N–H and O–H groups in total. The molecule has 0 radical (unpaired) electrons. The van der Waals surface area contributed by atoms with Gasteiger partial charge in [0.25, 0.3) is 0 Å². The molecule has 0 aromatic heterocycles. The summed E-state index contributed by atoms with van der Waals surface area (Å²) in [5.41, 5.74) is 3.69. The largest absolute Gasteiger partial charge is 0.356 e. The number of nitrogens with zero attached hydrogens (tertiary/aromatic N) is 1. The molecule has 4 aromatic rings. The van der Waals surface area contributed by atoms with Crippen LogP contribution >= 0.6 is 0 Å². The lowest BCUT2D eigenvalue weighted by Gasteiger charge is -2.44. The summed E-state index contributed by atoms with van der Waals surface area (Å²) in [6, 6.07) is 33.3. The van der Waals surface area contributed by atoms with Crippen LogP contribution in [0.4, 0.5) is 5.69 Å². The van der Waals surface area contributed by atoms with Gasteiger partial charge in [-0.1, -0.05) is 90.5 Å². The Kier molecular flexibility index (Phi) is 4.49. The van der Waals surface area contributed by atoms with E-state index in [0.29, 0.717) is 15.5 Å². The molecule has 3 nitrogen and oxygen atoms in total. The van der Waals surface area contributed by atoms with E-state index in [0.717, 1.165) is 22.3 Å². The van der Waals surface area contributed by atoms with Crippen LogP contribution in [-0.4, -0.2) is 15.5 Å². The predicted molar refractivity (Wildman–Crippen MR) is 124 cm³/mol. The molecule has 4 heteroatoms. The molecule has 0 saturated carbocycles. The molecule has 1 aliphatic heterocycles. The highest BCUT2D eigenvalue weighted by Crippen LogP contribution is 2.51. The Morgan fingerprint density at radius 1 is 0.677 bits per heavy atom. The first-order valence-electron chi connectivity index (χ1n) is 10.3. The van der Waals surface area contributed by atoms with Crippen molar-refractivity contribution in [2.45, 2.75) is 22.3 Å². The van der Waals surface area contributed by atoms with E-state index < -0.39 is 15.4 Å². The van der Waals surface area contributed by atoms with Crippen molar-refractivity contribution < 1.29 is 8.42 Å². The highest BCUT2D eigenvalue weighted by atomic mass is 32.2. The summed E-state index contributed by atoms with van der Waals surface area (Å²) >= 11 is 0. The predicted octanol–water partition coefficient (Wildman–Crippen LogP) is 5.57. The van der Waals surface area contributed by atoms with Gasteiger partial charge >= 0.3 is 0 Å². The minimum absolute atomic E-state index is 0.330. The monoisotopic (exact) mass is 425 g/mol. The van der Waals surface area contributed by atoms with E-state index in [4.69, 9.17) is 0 Å². The summed E-state index contributed by atoms with van der Waals surface area (Å²) < 4.78 is 27.8. The second kappa shape index (κ2) is 7.10. The minimum atomic E-state index is -3.72. The number of sulfone groups is 1. The number of aryl methyl sites for hydroxylation is 1. The van der Waals surface area contributed by atoms with Gasteiger partial charge in [-0.25, -0.2) is 8.42 Å². The van der Waals surface area contributed by atoms with Gasteiger partial charge in [-0.3, -0.25) is 0 Å². The van der Waals surface area contributed by atoms with Gasteiger partial charge in [-0.05, 0) is 36.2 Å². The fraction of sp³-hybridized carbons (Fsp3) is 0.111. The molecular formula is C27H23NO2S. The van der Waals surface area contributed by atoms with Crippen molar-refractivity contribution in [2.75, 3.05) is 11.9 Å². The zero-order valence-electron chi connectivity index (χ0n) is 17.5. The molecule has 1 heterocycles. The highest BCUT2D eigenvalue weighted by molar-refractivity contribution is 7.91. The number of hydrogen-bond donors (Lipinski definition) is 0. The Labute approximate surface area is 183 Å². The molecule has 0 spiro atoms. The fourth-order valence-corrected chi connectivity index (χ4v) is 6.54. The normalized spacial score (nSPS) is 16.1. The van der Waals surface area contributed by atoms with Crippen LogP contribution in [-0.2, 0) is 15.4 Å². The van der Waals surface area contributed by atoms with Crippen molar-refractivity contribution in [1.29, 1.82) is 0 Å². The first-order valence-corrected chi connectivity index (χ1v) is 11.8. The second-order valence-corrected chi connectivity index (χ2v) is 9.86. The van der Waals surface area contributed by atoms with Crippen molar-refractivity contribution >= 4 is 15.5 Å². The van der Waals surface area contributed by atoms with Crippen LogP contribution in [0.5, 0.6) is 0 Å². The van der Waals surface area contributed by atoms with E-state index in [9.17, 15) is 8.42 Å². The summed E-state index contributed by atoms with van der Waals surface area (Å²) in [6.07, 6.45) is 0. The van der Waals surface area contributed by atoms with Gasteiger partial charge in [-0.2, -0.15) is 0 Å². The third-order valence-electron chi connectivity index (χ3n) is 6.22. The van der Waals surface area contributed by atoms with E-state index in [2.05, 4.69) is 29.2 Å². The number of anilines is 1. The van der Waals surface area contributed by atoms with Crippen LogP contribution in [0.25, 0.3) is 0 Å². The minimum Gasteiger partial charge on any atom is -0.356 e. The number of rotatable bonds is 2. The molecule has 0 amide bonds. The van der Waals surface area contributed by atoms with Crippen LogP contribution < -0.4 is 4.90 Å². The molecule has 5 rings (SSSR count). The van der Waals surface area contributed by atoms with E-state index in [1.807, 2.05) is 74.6 Å². The molecule has 4 aromatic carbocycles. The number of benzene rings is 4. The van der Waals surface area contributed by atoms with E-state index in [-0.39, 0.29) is 0 Å². The zero-order chi connectivity index (χ0) is 21.6. The van der Waals surface area contributed by atoms with Crippen molar-refractivity contribution in [1.82, 2.24) is 0 Å². The SMILES string of the molecule is Cc1ccc2c(c1)C(c1ccccc1)(c1ccccc1)N(C)c1ccccc1S2(=O)=O. The van der Waals surface area contributed by atoms with Crippen LogP contribution in [0.3, 0.4) is 0 Å². The van der Waals surface area contributed by atoms with Gasteiger partial charge < -0.3 is 4.90 Å². The van der Waals surface area contributed by atoms with E-state index >= 15 is 0 Å². The Morgan fingerprint density at radius 2 is 1.23 bits per heavy atom. The average molecular weight is 426 g/mol. The third-order valence-corrected chi connectivity index (χ3v) is 8.08. The maximum Gasteiger partial charge on any atom is 0.209 e. The van der Waals surface area contributed by atoms with Gasteiger partial charge in [0.1, 0.15) is 5.54 Å². The molecule has 0 unspecified atom stereocenters. The van der Waals surface area contributed by atoms with Crippen LogP contribution in [0.2, 0.25) is 0 Å². The summed E-state index contributed by atoms with van der Waals surface area (Å²) in [5.74, 6) is 0. The smallest absolute Gasteiger partial charge is 0.209 e. The molecule has 0 bridgehead atoms. The molecule has 0 aliphatic carbocycles. The quantitative estimate of drug-likeness (QED) is 0.421. The number of para-hydroxylation sites is 1. The Bertz CT molecular complexity index is 1320. The number of fused-ring (bicyclic) bond motifs is 2. The lowest BCUT2D eigenvalue weighted by Crippen LogP contribution is -2.46. The molecular weight excluding hydrogens is 402 g/mol. The maximum absolute atomic E-state index is 13.9. The Hall–Kier alpha value is -3.37. The standard InChI is InChI=1S/C27H23NO2S/c1-20-17-18-25-23(19-20)27(21-11-5-3-6-12-21,22-13-7-4-8-14-22)28(2)24-15-9-10-16-26(24)31(25,29)30/h3-19H,1-2H3. The summed E-state index contributed by atoms with van der Waals surface area (Å²) in [7, 11) is -1.72. The van der Waals surface area contributed by atoms with Crippen molar-refractivity contribution in [3.63, 3.8) is 0 Å². The van der Waals surface area contributed by atoms with Gasteiger partial charge in [-0.15, -0.1) is 0 Å². The molecule has 0 saturated heterocycles. The van der Waals surface area contributed by atoms with Crippen LogP contribution in [0.15, 0.2) is 113 Å². The van der Waals surface area contributed by atoms with Gasteiger partial charge in [0, 0.05) is 12.6 Å². The lowest BCUT2D eigenvalue weighted by atomic mass is 9.75. The van der Waals surface area contributed by atoms with Crippen molar-refractivity contribution in [3.05, 3.63) is 125 Å². The Morgan fingerprint density at radius 3 is 1.84 bits per heavy atom.